The van der Waals surface area contributed by atoms with E-state index in [2.05, 4.69) is 5.32 Å². The van der Waals surface area contributed by atoms with E-state index in [4.69, 9.17) is 9.47 Å². The van der Waals surface area contributed by atoms with Crippen molar-refractivity contribution >= 4 is 5.91 Å². The number of rotatable bonds is 6. The molecular weight excluding hydrogens is 278 g/mol. The van der Waals surface area contributed by atoms with Crippen LogP contribution in [0.3, 0.4) is 0 Å². The molecule has 2 aliphatic carbocycles. The van der Waals surface area contributed by atoms with Gasteiger partial charge in [-0.3, -0.25) is 4.79 Å². The van der Waals surface area contributed by atoms with Crippen LogP contribution in [0, 0.1) is 5.41 Å². The van der Waals surface area contributed by atoms with Gasteiger partial charge in [0.2, 0.25) is 0 Å². The van der Waals surface area contributed by atoms with Crippen LogP contribution in [0.5, 0.6) is 0 Å². The second kappa shape index (κ2) is 6.39. The zero-order valence-electron chi connectivity index (χ0n) is 13.4. The summed E-state index contributed by atoms with van der Waals surface area (Å²) in [6.45, 7) is 3.33. The smallest absolute Gasteiger partial charge is 0.251 e. The van der Waals surface area contributed by atoms with E-state index in [0.717, 1.165) is 18.6 Å². The lowest BCUT2D eigenvalue weighted by molar-refractivity contribution is -0.169. The lowest BCUT2D eigenvalue weighted by Crippen LogP contribution is -2.67. The quantitative estimate of drug-likeness (QED) is 0.879. The summed E-state index contributed by atoms with van der Waals surface area (Å²) in [7, 11) is 1.66. The van der Waals surface area contributed by atoms with Gasteiger partial charge in [-0.25, -0.2) is 0 Å². The van der Waals surface area contributed by atoms with Crippen LogP contribution in [0.4, 0.5) is 0 Å². The molecule has 1 N–H and O–H groups in total. The van der Waals surface area contributed by atoms with Crippen LogP contribution < -0.4 is 5.32 Å². The summed E-state index contributed by atoms with van der Waals surface area (Å²) < 4.78 is 11.0. The second-order valence-electron chi connectivity index (χ2n) is 6.43. The van der Waals surface area contributed by atoms with Crippen molar-refractivity contribution in [2.24, 2.45) is 5.41 Å². The average Bonchev–Trinajstić information content (AvgIpc) is 2.45. The van der Waals surface area contributed by atoms with Crippen LogP contribution in [0.25, 0.3) is 0 Å². The Morgan fingerprint density at radius 1 is 1.41 bits per heavy atom. The fourth-order valence-electron chi connectivity index (χ4n) is 3.85. The number of hydrogen-bond acceptors (Lipinski definition) is 3. The van der Waals surface area contributed by atoms with Crippen LogP contribution in [0.1, 0.15) is 48.5 Å². The molecule has 120 valence electrons. The first-order valence-corrected chi connectivity index (χ1v) is 8.20. The molecule has 1 aromatic carbocycles. The predicted octanol–water partition coefficient (Wildman–Crippen LogP) is 2.91. The summed E-state index contributed by atoms with van der Waals surface area (Å²) in [5.74, 6) is 0.0178. The Bertz CT molecular complexity index is 539. The molecule has 0 bridgehead atoms. The van der Waals surface area contributed by atoms with Crippen molar-refractivity contribution in [3.63, 3.8) is 0 Å². The van der Waals surface area contributed by atoms with Gasteiger partial charge in [-0.05, 0) is 43.9 Å². The first kappa shape index (κ1) is 15.5. The first-order chi connectivity index (χ1) is 10.7. The highest BCUT2D eigenvalue weighted by Gasteiger charge is 2.59. The Kier molecular flexibility index (Phi) is 4.50. The van der Waals surface area contributed by atoms with Crippen molar-refractivity contribution < 1.29 is 14.3 Å². The van der Waals surface area contributed by atoms with E-state index in [1.54, 1.807) is 7.11 Å². The maximum atomic E-state index is 12.5. The Balaban J connectivity index is 1.64. The zero-order chi connectivity index (χ0) is 15.6. The maximum Gasteiger partial charge on any atom is 0.251 e. The van der Waals surface area contributed by atoms with Gasteiger partial charge >= 0.3 is 0 Å². The molecule has 1 aromatic rings. The topological polar surface area (TPSA) is 47.6 Å². The fraction of sp³-hybridized carbons (Fsp3) is 0.611. The van der Waals surface area contributed by atoms with Crippen molar-refractivity contribution in [3.05, 3.63) is 35.4 Å². The van der Waals surface area contributed by atoms with Gasteiger partial charge in [-0.2, -0.15) is 0 Å². The van der Waals surface area contributed by atoms with E-state index in [9.17, 15) is 4.79 Å². The molecule has 0 heterocycles. The summed E-state index contributed by atoms with van der Waals surface area (Å²) in [6, 6.07) is 7.91. The van der Waals surface area contributed by atoms with Gasteiger partial charge in [0.15, 0.2) is 0 Å². The molecule has 2 saturated carbocycles. The third-order valence-corrected chi connectivity index (χ3v) is 5.24. The van der Waals surface area contributed by atoms with E-state index in [1.165, 1.54) is 19.3 Å². The van der Waals surface area contributed by atoms with Crippen molar-refractivity contribution in [3.8, 4) is 0 Å². The largest absolute Gasteiger partial charge is 0.380 e. The molecule has 1 spiro atoms. The minimum absolute atomic E-state index is 0.0178. The molecule has 0 saturated heterocycles. The van der Waals surface area contributed by atoms with E-state index in [-0.39, 0.29) is 17.4 Å². The van der Waals surface area contributed by atoms with Crippen molar-refractivity contribution in [1.82, 2.24) is 5.32 Å². The van der Waals surface area contributed by atoms with Crippen molar-refractivity contribution in [1.29, 1.82) is 0 Å². The highest BCUT2D eigenvalue weighted by Crippen LogP contribution is 2.57. The number of carbonyl (C=O) groups is 1. The lowest BCUT2D eigenvalue weighted by atomic mass is 9.51. The molecule has 1 amide bonds. The summed E-state index contributed by atoms with van der Waals surface area (Å²) >= 11 is 0. The number of amides is 1. The molecule has 2 atom stereocenters. The minimum atomic E-state index is 0.0178. The molecule has 2 aliphatic rings. The SMILES string of the molecule is CCO[C@H]1C[C@@H](NC(=O)c2cccc(COC)c2)C12CCC2. The summed E-state index contributed by atoms with van der Waals surface area (Å²) in [4.78, 5) is 12.5. The van der Waals surface area contributed by atoms with Gasteiger partial charge in [0.05, 0.1) is 12.7 Å². The van der Waals surface area contributed by atoms with Crippen LogP contribution in [-0.2, 0) is 16.1 Å². The molecule has 4 heteroatoms. The Hall–Kier alpha value is -1.39. The number of ether oxygens (including phenoxy) is 2. The van der Waals surface area contributed by atoms with Gasteiger partial charge in [0.1, 0.15) is 0 Å². The van der Waals surface area contributed by atoms with Crippen LogP contribution >= 0.6 is 0 Å². The average molecular weight is 303 g/mol. The zero-order valence-corrected chi connectivity index (χ0v) is 13.4. The Labute approximate surface area is 132 Å². The summed E-state index contributed by atoms with van der Waals surface area (Å²) in [6.07, 6.45) is 4.87. The second-order valence-corrected chi connectivity index (χ2v) is 6.43. The summed E-state index contributed by atoms with van der Waals surface area (Å²) in [5, 5.41) is 3.22. The third kappa shape index (κ3) is 2.66. The lowest BCUT2D eigenvalue weighted by Gasteiger charge is -2.61. The van der Waals surface area contributed by atoms with Crippen molar-refractivity contribution in [2.45, 2.75) is 51.4 Å². The van der Waals surface area contributed by atoms with Crippen LogP contribution in [0.15, 0.2) is 24.3 Å². The van der Waals surface area contributed by atoms with Crippen LogP contribution in [0.2, 0.25) is 0 Å². The predicted molar refractivity (Wildman–Crippen MR) is 84.7 cm³/mol. The molecule has 3 rings (SSSR count). The molecule has 4 nitrogen and oxygen atoms in total. The van der Waals surface area contributed by atoms with E-state index < -0.39 is 0 Å². The highest BCUT2D eigenvalue weighted by atomic mass is 16.5. The summed E-state index contributed by atoms with van der Waals surface area (Å²) in [5.41, 5.74) is 1.94. The number of nitrogens with one attached hydrogen (secondary N) is 1. The number of carbonyl (C=O) groups excluding carboxylic acids is 1. The van der Waals surface area contributed by atoms with Gasteiger partial charge in [0, 0.05) is 30.7 Å². The third-order valence-electron chi connectivity index (χ3n) is 5.24. The van der Waals surface area contributed by atoms with Gasteiger partial charge in [-0.1, -0.05) is 18.6 Å². The standard InChI is InChI=1S/C18H25NO3/c1-3-22-16-11-15(18(16)8-5-9-18)19-17(20)14-7-4-6-13(10-14)12-21-2/h4,6-7,10,15-16H,3,5,8-9,11-12H2,1-2H3,(H,19,20)/t15-,16+/m1/s1. The van der Waals surface area contributed by atoms with E-state index >= 15 is 0 Å². The Morgan fingerprint density at radius 2 is 2.23 bits per heavy atom. The van der Waals surface area contributed by atoms with Gasteiger partial charge in [0.25, 0.3) is 5.91 Å². The van der Waals surface area contributed by atoms with Gasteiger partial charge < -0.3 is 14.8 Å². The molecule has 0 radical (unpaired) electrons. The first-order valence-electron chi connectivity index (χ1n) is 8.20. The van der Waals surface area contributed by atoms with Crippen molar-refractivity contribution in [2.75, 3.05) is 13.7 Å². The number of benzene rings is 1. The van der Waals surface area contributed by atoms with Gasteiger partial charge in [-0.15, -0.1) is 0 Å². The molecule has 0 aliphatic heterocycles. The highest BCUT2D eigenvalue weighted by molar-refractivity contribution is 5.94. The van der Waals surface area contributed by atoms with E-state index in [1.807, 2.05) is 31.2 Å². The maximum absolute atomic E-state index is 12.5. The Morgan fingerprint density at radius 3 is 2.86 bits per heavy atom. The molecule has 22 heavy (non-hydrogen) atoms. The van der Waals surface area contributed by atoms with E-state index in [0.29, 0.717) is 18.3 Å². The fourth-order valence-corrected chi connectivity index (χ4v) is 3.85. The number of methoxy groups -OCH3 is 1. The van der Waals surface area contributed by atoms with Crippen LogP contribution in [-0.4, -0.2) is 31.8 Å². The monoisotopic (exact) mass is 303 g/mol. The molecule has 2 fully saturated rings. The normalized spacial score (nSPS) is 25.4. The molecule has 0 unspecified atom stereocenters. The number of hydrogen-bond donors (Lipinski definition) is 1. The molecular formula is C18H25NO3. The molecule has 0 aromatic heterocycles. The minimum Gasteiger partial charge on any atom is -0.380 e.